The molecule has 1 amide bonds. The summed E-state index contributed by atoms with van der Waals surface area (Å²) in [5.41, 5.74) is 1.91. The summed E-state index contributed by atoms with van der Waals surface area (Å²) in [6.07, 6.45) is 0. The highest BCUT2D eigenvalue weighted by molar-refractivity contribution is 8.01. The van der Waals surface area contributed by atoms with Crippen molar-refractivity contribution >= 4 is 56.3 Å². The second-order valence-corrected chi connectivity index (χ2v) is 8.49. The monoisotopic (exact) mass is 420 g/mol. The number of nitrogens with zero attached hydrogens (tertiary/aromatic N) is 3. The minimum Gasteiger partial charge on any atom is -0.330 e. The predicted molar refractivity (Wildman–Crippen MR) is 122 cm³/mol. The molecule has 0 bridgehead atoms. The molecule has 0 aliphatic carbocycles. The van der Waals surface area contributed by atoms with Crippen LogP contribution in [0.2, 0.25) is 0 Å². The van der Waals surface area contributed by atoms with Crippen molar-refractivity contribution < 1.29 is 4.79 Å². The minimum absolute atomic E-state index is 0.0571. The molecule has 146 valence electrons. The zero-order chi connectivity index (χ0) is 20.1. The van der Waals surface area contributed by atoms with Crippen molar-refractivity contribution in [2.24, 2.45) is 0 Å². The van der Waals surface area contributed by atoms with Crippen LogP contribution < -0.4 is 10.2 Å². The van der Waals surface area contributed by atoms with Crippen molar-refractivity contribution in [2.45, 2.75) is 11.3 Å². The average molecular weight is 421 g/mol. The molecule has 1 aromatic heterocycles. The van der Waals surface area contributed by atoms with E-state index in [0.717, 1.165) is 26.5 Å². The van der Waals surface area contributed by atoms with E-state index >= 15 is 0 Å². The van der Waals surface area contributed by atoms with Gasteiger partial charge in [-0.3, -0.25) is 4.79 Å². The van der Waals surface area contributed by atoms with Crippen molar-refractivity contribution in [1.82, 2.24) is 10.2 Å². The molecule has 29 heavy (non-hydrogen) atoms. The Balaban J connectivity index is 1.43. The van der Waals surface area contributed by atoms with Gasteiger partial charge < -0.3 is 10.2 Å². The number of carbonyl (C=O) groups excluding carboxylic acids is 1. The molecule has 1 N–H and O–H groups in total. The third-order valence-electron chi connectivity index (χ3n) is 4.43. The molecular weight excluding hydrogens is 400 g/mol. The highest BCUT2D eigenvalue weighted by atomic mass is 32.2. The molecule has 0 atom stereocenters. The number of hydrogen-bond acceptors (Lipinski definition) is 6. The van der Waals surface area contributed by atoms with Crippen LogP contribution in [0.4, 0.5) is 16.5 Å². The molecule has 0 saturated carbocycles. The quantitative estimate of drug-likeness (QED) is 0.396. The van der Waals surface area contributed by atoms with Gasteiger partial charge >= 0.3 is 0 Å². The molecule has 0 aliphatic heterocycles. The standard InChI is InChI=1S/C22H20N4OS2/c1-2-26(19-14-8-10-16-9-6-7-13-18(16)19)20(27)15-28-22-25-24-21(29-22)23-17-11-4-3-5-12-17/h3-14H,2,15H2,1H3,(H,23,24). The number of hydrogen-bond donors (Lipinski definition) is 1. The largest absolute Gasteiger partial charge is 0.330 e. The predicted octanol–water partition coefficient (Wildman–Crippen LogP) is 5.58. The lowest BCUT2D eigenvalue weighted by Crippen LogP contribution is -2.32. The Morgan fingerprint density at radius 3 is 2.59 bits per heavy atom. The fourth-order valence-electron chi connectivity index (χ4n) is 3.09. The van der Waals surface area contributed by atoms with Gasteiger partial charge in [0.25, 0.3) is 0 Å². The normalized spacial score (nSPS) is 10.8. The third-order valence-corrected chi connectivity index (χ3v) is 6.38. The topological polar surface area (TPSA) is 58.1 Å². The van der Waals surface area contributed by atoms with E-state index in [1.54, 1.807) is 0 Å². The molecule has 4 aromatic rings. The second-order valence-electron chi connectivity index (χ2n) is 6.29. The molecule has 1 heterocycles. The van der Waals surface area contributed by atoms with Crippen LogP contribution in [0.25, 0.3) is 10.8 Å². The van der Waals surface area contributed by atoms with Gasteiger partial charge in [-0.05, 0) is 30.5 Å². The van der Waals surface area contributed by atoms with Crippen molar-refractivity contribution in [3.05, 3.63) is 72.8 Å². The fraction of sp³-hybridized carbons (Fsp3) is 0.136. The summed E-state index contributed by atoms with van der Waals surface area (Å²) in [5, 5.41) is 14.5. The highest BCUT2D eigenvalue weighted by Gasteiger charge is 2.17. The van der Waals surface area contributed by atoms with Crippen molar-refractivity contribution in [2.75, 3.05) is 22.5 Å². The molecule has 0 radical (unpaired) electrons. The minimum atomic E-state index is 0.0571. The molecule has 0 unspecified atom stereocenters. The van der Waals surface area contributed by atoms with Crippen LogP contribution in [0, 0.1) is 0 Å². The van der Waals surface area contributed by atoms with Gasteiger partial charge in [0.05, 0.1) is 11.4 Å². The Morgan fingerprint density at radius 1 is 1.00 bits per heavy atom. The molecular formula is C22H20N4OS2. The molecule has 0 saturated heterocycles. The number of nitrogens with one attached hydrogen (secondary N) is 1. The van der Waals surface area contributed by atoms with Gasteiger partial charge in [-0.25, -0.2) is 0 Å². The van der Waals surface area contributed by atoms with Gasteiger partial charge in [-0.15, -0.1) is 10.2 Å². The number of amides is 1. The van der Waals surface area contributed by atoms with Crippen LogP contribution in [-0.4, -0.2) is 28.4 Å². The Hall–Kier alpha value is -2.90. The molecule has 3 aromatic carbocycles. The van der Waals surface area contributed by atoms with E-state index in [4.69, 9.17) is 0 Å². The number of para-hydroxylation sites is 1. The number of benzene rings is 3. The summed E-state index contributed by atoms with van der Waals surface area (Å²) in [4.78, 5) is 14.8. The molecule has 0 fully saturated rings. The zero-order valence-corrected chi connectivity index (χ0v) is 17.5. The summed E-state index contributed by atoms with van der Waals surface area (Å²) in [6, 6.07) is 24.0. The number of anilines is 3. The highest BCUT2D eigenvalue weighted by Crippen LogP contribution is 2.30. The molecule has 5 nitrogen and oxygen atoms in total. The Labute approximate surface area is 177 Å². The van der Waals surface area contributed by atoms with Crippen LogP contribution in [0.1, 0.15) is 6.92 Å². The number of rotatable bonds is 7. The number of thioether (sulfide) groups is 1. The van der Waals surface area contributed by atoms with Gasteiger partial charge in [-0.2, -0.15) is 0 Å². The SMILES string of the molecule is CCN(C(=O)CSc1nnc(Nc2ccccc2)s1)c1cccc2ccccc12. The summed E-state index contributed by atoms with van der Waals surface area (Å²) in [7, 11) is 0. The van der Waals surface area contributed by atoms with E-state index in [0.29, 0.717) is 17.4 Å². The van der Waals surface area contributed by atoms with Crippen LogP contribution >= 0.6 is 23.1 Å². The summed E-state index contributed by atoms with van der Waals surface area (Å²) in [5.74, 6) is 0.374. The van der Waals surface area contributed by atoms with E-state index in [-0.39, 0.29) is 5.91 Å². The van der Waals surface area contributed by atoms with Gasteiger partial charge in [0, 0.05) is 17.6 Å². The smallest absolute Gasteiger partial charge is 0.237 e. The molecule has 4 rings (SSSR count). The summed E-state index contributed by atoms with van der Waals surface area (Å²) >= 11 is 2.86. The zero-order valence-electron chi connectivity index (χ0n) is 15.9. The maximum atomic E-state index is 12.9. The first-order chi connectivity index (χ1) is 14.2. The molecule has 0 aliphatic rings. The maximum absolute atomic E-state index is 12.9. The molecule has 7 heteroatoms. The van der Waals surface area contributed by atoms with Crippen molar-refractivity contribution in [3.63, 3.8) is 0 Å². The Morgan fingerprint density at radius 2 is 1.76 bits per heavy atom. The summed E-state index contributed by atoms with van der Waals surface area (Å²) in [6.45, 7) is 2.61. The van der Waals surface area contributed by atoms with Gasteiger partial charge in [0.15, 0.2) is 4.34 Å². The summed E-state index contributed by atoms with van der Waals surface area (Å²) < 4.78 is 0.769. The second kappa shape index (κ2) is 9.07. The Kier molecular flexibility index (Phi) is 6.07. The number of carbonyl (C=O) groups is 1. The Bertz CT molecular complexity index is 1110. The first-order valence-corrected chi connectivity index (χ1v) is 11.1. The maximum Gasteiger partial charge on any atom is 0.237 e. The van der Waals surface area contributed by atoms with Gasteiger partial charge in [0.1, 0.15) is 0 Å². The lowest BCUT2D eigenvalue weighted by molar-refractivity contribution is -0.116. The van der Waals surface area contributed by atoms with Crippen molar-refractivity contribution in [1.29, 1.82) is 0 Å². The van der Waals surface area contributed by atoms with E-state index in [9.17, 15) is 4.79 Å². The van der Waals surface area contributed by atoms with Crippen LogP contribution in [-0.2, 0) is 4.79 Å². The third kappa shape index (κ3) is 4.58. The first kappa shape index (κ1) is 19.4. The number of fused-ring (bicyclic) bond motifs is 1. The van der Waals surface area contributed by atoms with Crippen LogP contribution in [0.5, 0.6) is 0 Å². The van der Waals surface area contributed by atoms with Gasteiger partial charge in [0.2, 0.25) is 11.0 Å². The fourth-order valence-corrected chi connectivity index (χ4v) is 4.74. The van der Waals surface area contributed by atoms with Crippen LogP contribution in [0.3, 0.4) is 0 Å². The van der Waals surface area contributed by atoms with E-state index in [1.807, 2.05) is 66.4 Å². The van der Waals surface area contributed by atoms with Crippen molar-refractivity contribution in [3.8, 4) is 0 Å². The van der Waals surface area contributed by atoms with E-state index < -0.39 is 0 Å². The lowest BCUT2D eigenvalue weighted by atomic mass is 10.1. The molecule has 0 spiro atoms. The van der Waals surface area contributed by atoms with E-state index in [2.05, 4.69) is 33.7 Å². The van der Waals surface area contributed by atoms with Crippen LogP contribution in [0.15, 0.2) is 77.1 Å². The average Bonchev–Trinajstić information content (AvgIpc) is 3.21. The lowest BCUT2D eigenvalue weighted by Gasteiger charge is -2.22. The van der Waals surface area contributed by atoms with E-state index in [1.165, 1.54) is 23.1 Å². The first-order valence-electron chi connectivity index (χ1n) is 9.31. The number of aromatic nitrogens is 2. The van der Waals surface area contributed by atoms with Gasteiger partial charge in [-0.1, -0.05) is 77.7 Å².